The van der Waals surface area contributed by atoms with E-state index < -0.39 is 20.0 Å². The number of hydrogen-bond acceptors (Lipinski definition) is 4. The standard InChI is InChI=1S/C19H32NO4P/c1-13(15-10-6-3-7-11-15)17(19(21)22)18(25(23)24)16(20)12-14-8-4-2-5-9-14/h14-15,18,20,23-24H,2-12H2,1H3,(H,21,22). The maximum atomic E-state index is 12.0. The first-order valence-corrected chi connectivity index (χ1v) is 10.9. The van der Waals surface area contributed by atoms with E-state index >= 15 is 0 Å². The highest BCUT2D eigenvalue weighted by molar-refractivity contribution is 7.47. The van der Waals surface area contributed by atoms with Crippen molar-refractivity contribution in [2.45, 2.75) is 83.2 Å². The third-order valence-electron chi connectivity index (χ3n) is 5.94. The van der Waals surface area contributed by atoms with Gasteiger partial charge < -0.3 is 20.3 Å². The van der Waals surface area contributed by atoms with Crippen LogP contribution in [0.2, 0.25) is 0 Å². The van der Waals surface area contributed by atoms with Gasteiger partial charge in [0.05, 0.1) is 11.2 Å². The Labute approximate surface area is 152 Å². The van der Waals surface area contributed by atoms with Gasteiger partial charge in [0.2, 0.25) is 0 Å². The summed E-state index contributed by atoms with van der Waals surface area (Å²) in [5.74, 6) is -0.527. The topological polar surface area (TPSA) is 102 Å². The highest BCUT2D eigenvalue weighted by atomic mass is 31.2. The SMILES string of the molecule is CC(=C(C(=O)O)C(C(=N)CC1CCCCC1)P(O)O)C1CCCCC1. The van der Waals surface area contributed by atoms with Gasteiger partial charge in [-0.1, -0.05) is 56.9 Å². The number of allylic oxidation sites excluding steroid dienone is 1. The van der Waals surface area contributed by atoms with Crippen LogP contribution in [0.4, 0.5) is 0 Å². The van der Waals surface area contributed by atoms with Crippen LogP contribution in [0.3, 0.4) is 0 Å². The maximum absolute atomic E-state index is 12.0. The van der Waals surface area contributed by atoms with E-state index in [9.17, 15) is 19.7 Å². The van der Waals surface area contributed by atoms with Crippen molar-refractivity contribution in [1.82, 2.24) is 0 Å². The van der Waals surface area contributed by atoms with Gasteiger partial charge in [-0.2, -0.15) is 0 Å². The summed E-state index contributed by atoms with van der Waals surface area (Å²) in [6.07, 6.45) is 11.4. The van der Waals surface area contributed by atoms with Gasteiger partial charge in [0, 0.05) is 5.71 Å². The normalized spacial score (nSPS) is 22.6. The lowest BCUT2D eigenvalue weighted by Gasteiger charge is -2.29. The molecule has 2 fully saturated rings. The van der Waals surface area contributed by atoms with Crippen molar-refractivity contribution in [3.05, 3.63) is 11.1 Å². The molecule has 4 N–H and O–H groups in total. The molecule has 1 unspecified atom stereocenters. The Hall–Kier alpha value is -0.770. The smallest absolute Gasteiger partial charge is 0.332 e. The Morgan fingerprint density at radius 1 is 1.04 bits per heavy atom. The van der Waals surface area contributed by atoms with Gasteiger partial charge in [0.25, 0.3) is 0 Å². The molecule has 2 saturated carbocycles. The summed E-state index contributed by atoms with van der Waals surface area (Å²) in [6.45, 7) is 1.82. The summed E-state index contributed by atoms with van der Waals surface area (Å²) in [5.41, 5.74) is -0.0306. The van der Waals surface area contributed by atoms with Gasteiger partial charge >= 0.3 is 5.97 Å². The average Bonchev–Trinajstić information content (AvgIpc) is 2.59. The van der Waals surface area contributed by atoms with Crippen LogP contribution in [-0.4, -0.2) is 32.2 Å². The van der Waals surface area contributed by atoms with Crippen LogP contribution in [-0.2, 0) is 4.79 Å². The van der Waals surface area contributed by atoms with Crippen LogP contribution < -0.4 is 0 Å². The maximum Gasteiger partial charge on any atom is 0.332 e. The number of nitrogens with one attached hydrogen (secondary N) is 1. The second-order valence-electron chi connectivity index (χ2n) is 7.69. The van der Waals surface area contributed by atoms with Crippen molar-refractivity contribution >= 4 is 20.1 Å². The average molecular weight is 369 g/mol. The summed E-state index contributed by atoms with van der Waals surface area (Å²) in [4.78, 5) is 31.9. The van der Waals surface area contributed by atoms with Crippen LogP contribution in [0, 0.1) is 17.2 Å². The Kier molecular flexibility index (Phi) is 8.05. The molecule has 25 heavy (non-hydrogen) atoms. The first kappa shape index (κ1) is 20.5. The fraction of sp³-hybridized carbons (Fsp3) is 0.789. The largest absolute Gasteiger partial charge is 0.478 e. The van der Waals surface area contributed by atoms with Gasteiger partial charge in [0.1, 0.15) is 0 Å². The molecule has 2 rings (SSSR count). The van der Waals surface area contributed by atoms with E-state index in [1.165, 1.54) is 12.8 Å². The van der Waals surface area contributed by atoms with Crippen LogP contribution in [0.25, 0.3) is 0 Å². The predicted octanol–water partition coefficient (Wildman–Crippen LogP) is 4.62. The first-order valence-electron chi connectivity index (χ1n) is 9.60. The molecule has 0 aliphatic heterocycles. The van der Waals surface area contributed by atoms with E-state index in [-0.39, 0.29) is 17.2 Å². The molecule has 0 radical (unpaired) electrons. The van der Waals surface area contributed by atoms with Gasteiger partial charge in [-0.05, 0) is 38.0 Å². The monoisotopic (exact) mass is 369 g/mol. The fourth-order valence-electron chi connectivity index (χ4n) is 4.50. The Balaban J connectivity index is 2.23. The Morgan fingerprint density at radius 3 is 2.04 bits per heavy atom. The zero-order valence-electron chi connectivity index (χ0n) is 15.2. The van der Waals surface area contributed by atoms with Crippen molar-refractivity contribution in [3.8, 4) is 0 Å². The lowest BCUT2D eigenvalue weighted by Crippen LogP contribution is -2.30. The van der Waals surface area contributed by atoms with Gasteiger partial charge in [-0.15, -0.1) is 0 Å². The third-order valence-corrected chi connectivity index (χ3v) is 6.97. The van der Waals surface area contributed by atoms with Crippen molar-refractivity contribution < 1.29 is 19.7 Å². The molecular weight excluding hydrogens is 337 g/mol. The minimum absolute atomic E-state index is 0.0730. The zero-order chi connectivity index (χ0) is 18.4. The van der Waals surface area contributed by atoms with Crippen LogP contribution in [0.15, 0.2) is 11.1 Å². The van der Waals surface area contributed by atoms with E-state index in [2.05, 4.69) is 0 Å². The molecule has 0 amide bonds. The number of carboxylic acid groups (broad SMARTS) is 1. The van der Waals surface area contributed by atoms with E-state index in [1.54, 1.807) is 0 Å². The summed E-state index contributed by atoms with van der Waals surface area (Å²) in [7, 11) is -2.52. The quantitative estimate of drug-likeness (QED) is 0.299. The predicted molar refractivity (Wildman–Crippen MR) is 101 cm³/mol. The van der Waals surface area contributed by atoms with Crippen molar-refractivity contribution in [2.24, 2.45) is 11.8 Å². The molecule has 0 aromatic rings. The molecule has 0 aromatic heterocycles. The Morgan fingerprint density at radius 2 is 1.56 bits per heavy atom. The highest BCUT2D eigenvalue weighted by Crippen LogP contribution is 2.43. The molecule has 142 valence electrons. The summed E-state index contributed by atoms with van der Waals surface area (Å²) < 4.78 is 0. The molecule has 2 aliphatic rings. The fourth-order valence-corrected chi connectivity index (χ4v) is 5.43. The molecule has 1 atom stereocenters. The molecule has 0 aromatic carbocycles. The van der Waals surface area contributed by atoms with E-state index in [1.807, 2.05) is 6.92 Å². The van der Waals surface area contributed by atoms with Crippen LogP contribution >= 0.6 is 8.38 Å². The van der Waals surface area contributed by atoms with Gasteiger partial charge in [-0.25, -0.2) is 4.79 Å². The molecule has 0 bridgehead atoms. The molecule has 6 heteroatoms. The molecule has 5 nitrogen and oxygen atoms in total. The third kappa shape index (κ3) is 5.60. The number of carbonyl (C=O) groups is 1. The van der Waals surface area contributed by atoms with Crippen molar-refractivity contribution in [2.75, 3.05) is 0 Å². The summed E-state index contributed by atoms with van der Waals surface area (Å²) >= 11 is 0. The van der Waals surface area contributed by atoms with Crippen LogP contribution in [0.5, 0.6) is 0 Å². The van der Waals surface area contributed by atoms with E-state index in [4.69, 9.17) is 5.41 Å². The Bertz CT molecular complexity index is 506. The molecule has 0 spiro atoms. The van der Waals surface area contributed by atoms with Gasteiger partial charge in [0.15, 0.2) is 8.38 Å². The highest BCUT2D eigenvalue weighted by Gasteiger charge is 2.35. The first-order chi connectivity index (χ1) is 11.9. The lowest BCUT2D eigenvalue weighted by molar-refractivity contribution is -0.132. The van der Waals surface area contributed by atoms with Crippen LogP contribution in [0.1, 0.15) is 77.6 Å². The molecular formula is C19H32NO4P. The lowest BCUT2D eigenvalue weighted by atomic mass is 9.80. The molecule has 0 saturated heterocycles. The molecule has 2 aliphatic carbocycles. The minimum Gasteiger partial charge on any atom is -0.478 e. The number of carboxylic acids is 1. The summed E-state index contributed by atoms with van der Waals surface area (Å²) in [6, 6.07) is 0. The number of hydrogen-bond donors (Lipinski definition) is 4. The number of rotatable bonds is 7. The number of aliphatic carboxylic acids is 1. The molecule has 0 heterocycles. The van der Waals surface area contributed by atoms with Gasteiger partial charge in [-0.3, -0.25) is 0 Å². The van der Waals surface area contributed by atoms with E-state index in [0.717, 1.165) is 56.9 Å². The van der Waals surface area contributed by atoms with Crippen molar-refractivity contribution in [3.63, 3.8) is 0 Å². The zero-order valence-corrected chi connectivity index (χ0v) is 16.1. The summed E-state index contributed by atoms with van der Waals surface area (Å²) in [5, 5.41) is 18.2. The minimum atomic E-state index is -2.52. The second-order valence-corrected chi connectivity index (χ2v) is 8.85. The van der Waals surface area contributed by atoms with Crippen molar-refractivity contribution in [1.29, 1.82) is 5.41 Å². The second kappa shape index (κ2) is 9.80. The van der Waals surface area contributed by atoms with E-state index in [0.29, 0.717) is 12.3 Å².